The van der Waals surface area contributed by atoms with Gasteiger partial charge in [-0.15, -0.1) is 0 Å². The van der Waals surface area contributed by atoms with Crippen molar-refractivity contribution in [3.8, 4) is 5.75 Å². The maximum absolute atomic E-state index is 12.7. The number of nitrogens with one attached hydrogen (secondary N) is 1. The van der Waals surface area contributed by atoms with Gasteiger partial charge in [-0.25, -0.2) is 0 Å². The van der Waals surface area contributed by atoms with Crippen LogP contribution in [0.15, 0.2) is 27.8 Å². The lowest BCUT2D eigenvalue weighted by Crippen LogP contribution is -2.34. The number of hydrogen-bond acceptors (Lipinski definition) is 4. The number of anilines is 2. The molecular formula is C12H7ClF3NO3. The lowest BCUT2D eigenvalue weighted by atomic mass is 10.1. The van der Waals surface area contributed by atoms with Crippen LogP contribution in [0.4, 0.5) is 24.5 Å². The molecule has 0 saturated heterocycles. The van der Waals surface area contributed by atoms with Crippen LogP contribution in [0.1, 0.15) is 5.56 Å². The van der Waals surface area contributed by atoms with Gasteiger partial charge in [0.25, 0.3) is 10.9 Å². The van der Waals surface area contributed by atoms with E-state index in [2.05, 4.69) is 10.1 Å². The van der Waals surface area contributed by atoms with Crippen molar-refractivity contribution in [2.45, 2.75) is 6.18 Å². The summed E-state index contributed by atoms with van der Waals surface area (Å²) in [4.78, 5) is 22.4. The maximum atomic E-state index is 12.7. The van der Waals surface area contributed by atoms with Crippen molar-refractivity contribution in [3.05, 3.63) is 49.2 Å². The van der Waals surface area contributed by atoms with Gasteiger partial charge in [-0.2, -0.15) is 13.2 Å². The summed E-state index contributed by atoms with van der Waals surface area (Å²) in [5, 5.41) is 1.97. The smallest absolute Gasteiger partial charge is 0.417 e. The fourth-order valence-electron chi connectivity index (χ4n) is 1.64. The van der Waals surface area contributed by atoms with Crippen LogP contribution in [-0.4, -0.2) is 7.11 Å². The zero-order valence-electron chi connectivity index (χ0n) is 9.97. The van der Waals surface area contributed by atoms with Gasteiger partial charge < -0.3 is 10.1 Å². The van der Waals surface area contributed by atoms with Crippen molar-refractivity contribution in [2.75, 3.05) is 12.4 Å². The van der Waals surface area contributed by atoms with Crippen LogP contribution in [0.3, 0.4) is 0 Å². The van der Waals surface area contributed by atoms with Gasteiger partial charge >= 0.3 is 6.18 Å². The second kappa shape index (κ2) is 4.82. The maximum Gasteiger partial charge on any atom is 0.417 e. The first kappa shape index (κ1) is 14.4. The molecule has 0 aliphatic carbocycles. The number of ether oxygens (including phenoxy) is 1. The average molecular weight is 306 g/mol. The number of benzene rings is 1. The van der Waals surface area contributed by atoms with Crippen LogP contribution in [0.5, 0.6) is 5.75 Å². The molecule has 0 radical (unpaired) electrons. The van der Waals surface area contributed by atoms with E-state index in [4.69, 9.17) is 11.6 Å². The molecule has 106 valence electrons. The Kier molecular flexibility index (Phi) is 3.47. The van der Waals surface area contributed by atoms with Gasteiger partial charge in [0.15, 0.2) is 5.75 Å². The van der Waals surface area contributed by atoms with Crippen LogP contribution in [0.2, 0.25) is 5.02 Å². The highest BCUT2D eigenvalue weighted by Gasteiger charge is 2.33. The van der Waals surface area contributed by atoms with Crippen LogP contribution in [0.25, 0.3) is 0 Å². The van der Waals surface area contributed by atoms with Crippen molar-refractivity contribution in [2.24, 2.45) is 0 Å². The van der Waals surface area contributed by atoms with Gasteiger partial charge in [0.2, 0.25) is 0 Å². The Morgan fingerprint density at radius 1 is 1.20 bits per heavy atom. The lowest BCUT2D eigenvalue weighted by Gasteiger charge is -2.14. The van der Waals surface area contributed by atoms with E-state index in [-0.39, 0.29) is 17.1 Å². The van der Waals surface area contributed by atoms with E-state index in [1.807, 2.05) is 0 Å². The van der Waals surface area contributed by atoms with Crippen LogP contribution in [-0.2, 0) is 6.18 Å². The van der Waals surface area contributed by atoms with E-state index in [0.29, 0.717) is 0 Å². The Balaban J connectivity index is 2.39. The van der Waals surface area contributed by atoms with Crippen LogP contribution in [0, 0.1) is 0 Å². The van der Waals surface area contributed by atoms with Crippen molar-refractivity contribution in [3.63, 3.8) is 0 Å². The summed E-state index contributed by atoms with van der Waals surface area (Å²) in [6, 6.07) is 3.05. The Morgan fingerprint density at radius 3 is 2.40 bits per heavy atom. The van der Waals surface area contributed by atoms with Gasteiger partial charge in [0.1, 0.15) is 5.69 Å². The van der Waals surface area contributed by atoms with E-state index in [1.54, 1.807) is 0 Å². The molecule has 0 fully saturated rings. The van der Waals surface area contributed by atoms with Gasteiger partial charge in [-0.3, -0.25) is 9.59 Å². The SMILES string of the molecule is COc1c(Nc2ccc(Cl)c(C(F)(F)F)c2)c(=O)c1=O. The molecule has 0 amide bonds. The topological polar surface area (TPSA) is 55.4 Å². The van der Waals surface area contributed by atoms with Crippen LogP contribution < -0.4 is 20.9 Å². The van der Waals surface area contributed by atoms with E-state index in [0.717, 1.165) is 12.1 Å². The van der Waals surface area contributed by atoms with Gasteiger partial charge in [-0.1, -0.05) is 11.6 Å². The molecule has 0 saturated carbocycles. The highest BCUT2D eigenvalue weighted by Crippen LogP contribution is 2.37. The van der Waals surface area contributed by atoms with Crippen molar-refractivity contribution in [1.29, 1.82) is 0 Å². The fourth-order valence-corrected chi connectivity index (χ4v) is 1.87. The molecule has 2 aromatic rings. The number of halogens is 4. The Labute approximate surface area is 115 Å². The van der Waals surface area contributed by atoms with Gasteiger partial charge in [-0.05, 0) is 18.2 Å². The molecule has 0 unspecified atom stereocenters. The predicted molar refractivity (Wildman–Crippen MR) is 67.6 cm³/mol. The highest BCUT2D eigenvalue weighted by molar-refractivity contribution is 6.31. The second-order valence-corrected chi connectivity index (χ2v) is 4.29. The summed E-state index contributed by atoms with van der Waals surface area (Å²) >= 11 is 5.47. The first-order chi connectivity index (χ1) is 9.25. The quantitative estimate of drug-likeness (QED) is 0.886. The number of hydrogen-bond donors (Lipinski definition) is 1. The molecule has 0 spiro atoms. The predicted octanol–water partition coefficient (Wildman–Crippen LogP) is 2.71. The highest BCUT2D eigenvalue weighted by atomic mass is 35.5. The average Bonchev–Trinajstić information content (AvgIpc) is 2.38. The van der Waals surface area contributed by atoms with E-state index in [9.17, 15) is 22.8 Å². The zero-order valence-corrected chi connectivity index (χ0v) is 10.7. The minimum Gasteiger partial charge on any atom is -0.491 e. The summed E-state index contributed by atoms with van der Waals surface area (Å²) in [6.07, 6.45) is -4.62. The van der Waals surface area contributed by atoms with E-state index >= 15 is 0 Å². The van der Waals surface area contributed by atoms with E-state index in [1.165, 1.54) is 13.2 Å². The minimum absolute atomic E-state index is 0.0212. The van der Waals surface area contributed by atoms with Crippen molar-refractivity contribution >= 4 is 23.0 Å². The molecule has 0 heterocycles. The van der Waals surface area contributed by atoms with Crippen molar-refractivity contribution < 1.29 is 17.9 Å². The summed E-state index contributed by atoms with van der Waals surface area (Å²) < 4.78 is 42.7. The molecule has 0 aliphatic rings. The summed E-state index contributed by atoms with van der Waals surface area (Å²) in [7, 11) is 1.18. The number of methoxy groups -OCH3 is 1. The van der Waals surface area contributed by atoms with Crippen molar-refractivity contribution in [1.82, 2.24) is 0 Å². The molecule has 0 bridgehead atoms. The third-order valence-electron chi connectivity index (χ3n) is 2.61. The number of rotatable bonds is 3. The molecule has 1 N–H and O–H groups in total. The molecule has 0 aromatic heterocycles. The standard InChI is InChI=1S/C12H7ClF3NO3/c1-20-11-8(9(18)10(11)19)17-5-2-3-7(13)6(4-5)12(14,15)16/h2-4,17H,1H3. The third kappa shape index (κ3) is 2.36. The van der Waals surface area contributed by atoms with Crippen LogP contribution >= 0.6 is 11.6 Å². The summed E-state index contributed by atoms with van der Waals surface area (Å²) in [6.45, 7) is 0. The largest absolute Gasteiger partial charge is 0.491 e. The fraction of sp³-hybridized carbons (Fsp3) is 0.167. The van der Waals surface area contributed by atoms with Gasteiger partial charge in [0, 0.05) is 5.69 Å². The molecule has 4 nitrogen and oxygen atoms in total. The molecule has 0 aliphatic heterocycles. The monoisotopic (exact) mass is 305 g/mol. The molecular weight excluding hydrogens is 299 g/mol. The van der Waals surface area contributed by atoms with E-state index < -0.39 is 27.6 Å². The molecule has 8 heteroatoms. The normalized spacial score (nSPS) is 11.7. The van der Waals surface area contributed by atoms with Gasteiger partial charge in [0.05, 0.1) is 17.7 Å². The summed E-state index contributed by atoms with van der Waals surface area (Å²) in [5.74, 6) is -0.210. The second-order valence-electron chi connectivity index (χ2n) is 3.88. The number of alkyl halides is 3. The Bertz CT molecular complexity index is 732. The molecule has 2 rings (SSSR count). The minimum atomic E-state index is -4.62. The Morgan fingerprint density at radius 2 is 1.85 bits per heavy atom. The third-order valence-corrected chi connectivity index (χ3v) is 2.94. The molecule has 0 atom stereocenters. The summed E-state index contributed by atoms with van der Waals surface area (Å²) in [5.41, 5.74) is -2.90. The zero-order chi connectivity index (χ0) is 15.1. The molecule has 2 aromatic carbocycles. The first-order valence-corrected chi connectivity index (χ1v) is 5.64. The lowest BCUT2D eigenvalue weighted by molar-refractivity contribution is -0.137. The Hall–Kier alpha value is -2.02. The first-order valence-electron chi connectivity index (χ1n) is 5.26. The molecule has 20 heavy (non-hydrogen) atoms.